The van der Waals surface area contributed by atoms with Crippen LogP contribution in [0.15, 0.2) is 10.3 Å². The summed E-state index contributed by atoms with van der Waals surface area (Å²) in [6, 6.07) is 1.32. The van der Waals surface area contributed by atoms with Crippen LogP contribution in [0.5, 0.6) is 0 Å². The number of rotatable bonds is 6. The smallest absolute Gasteiger partial charge is 0.346 e. The number of thiophene rings is 1. The van der Waals surface area contributed by atoms with E-state index < -0.39 is 26.8 Å². The van der Waals surface area contributed by atoms with E-state index in [0.29, 0.717) is 16.9 Å². The van der Waals surface area contributed by atoms with Gasteiger partial charge < -0.3 is 5.11 Å². The molecule has 2 N–H and O–H groups in total. The predicted molar refractivity (Wildman–Crippen MR) is 74.7 cm³/mol. The molecule has 0 spiro atoms. The maximum atomic E-state index is 12.0. The summed E-state index contributed by atoms with van der Waals surface area (Å²) in [5.74, 6) is -1.15. The van der Waals surface area contributed by atoms with Crippen molar-refractivity contribution in [2.45, 2.75) is 23.3 Å². The minimum atomic E-state index is -3.75. The van der Waals surface area contributed by atoms with E-state index in [2.05, 4.69) is 4.72 Å². The number of sulfonamides is 1. The number of carboxylic acid groups (broad SMARTS) is 1. The Morgan fingerprint density at radius 1 is 1.58 bits per heavy atom. The van der Waals surface area contributed by atoms with Crippen LogP contribution in [-0.2, 0) is 20.8 Å². The number of hydrogen-bond donors (Lipinski definition) is 2. The summed E-state index contributed by atoms with van der Waals surface area (Å²) in [4.78, 5) is 10.9. The van der Waals surface area contributed by atoms with Crippen molar-refractivity contribution in [3.63, 3.8) is 0 Å². The molecule has 108 valence electrons. The fraction of sp³-hybridized carbons (Fsp3) is 0.500. The van der Waals surface area contributed by atoms with Gasteiger partial charge in [0.25, 0.3) is 0 Å². The van der Waals surface area contributed by atoms with Crippen molar-refractivity contribution in [3.8, 4) is 0 Å². The predicted octanol–water partition coefficient (Wildman–Crippen LogP) is 0.800. The molecule has 9 heteroatoms. The molecule has 0 bridgehead atoms. The molecular weight excluding hydrogens is 310 g/mol. The minimum Gasteiger partial charge on any atom is -0.477 e. The van der Waals surface area contributed by atoms with Gasteiger partial charge in [-0.3, -0.25) is 4.21 Å². The van der Waals surface area contributed by atoms with Crippen LogP contribution in [0.2, 0.25) is 0 Å². The fourth-order valence-corrected chi connectivity index (χ4v) is 4.19. The van der Waals surface area contributed by atoms with E-state index in [9.17, 15) is 17.4 Å². The summed E-state index contributed by atoms with van der Waals surface area (Å²) in [6.45, 7) is 3.26. The molecule has 0 fully saturated rings. The molecule has 1 aromatic heterocycles. The Balaban J connectivity index is 2.92. The summed E-state index contributed by atoms with van der Waals surface area (Å²) in [6.07, 6.45) is 1.50. The van der Waals surface area contributed by atoms with Crippen molar-refractivity contribution in [2.75, 3.05) is 12.8 Å². The number of carboxylic acids is 1. The van der Waals surface area contributed by atoms with Crippen molar-refractivity contribution in [1.29, 1.82) is 0 Å². The van der Waals surface area contributed by atoms with Crippen molar-refractivity contribution in [1.82, 2.24) is 4.72 Å². The summed E-state index contributed by atoms with van der Waals surface area (Å²) in [7, 11) is -4.88. The van der Waals surface area contributed by atoms with Gasteiger partial charge in [0, 0.05) is 28.9 Å². The van der Waals surface area contributed by atoms with Gasteiger partial charge in [-0.2, -0.15) is 0 Å². The summed E-state index contributed by atoms with van der Waals surface area (Å²) >= 11 is 0.709. The van der Waals surface area contributed by atoms with Gasteiger partial charge in [0.1, 0.15) is 9.09 Å². The van der Waals surface area contributed by atoms with E-state index in [4.69, 9.17) is 5.11 Å². The first-order valence-corrected chi connectivity index (χ1v) is 9.23. The maximum Gasteiger partial charge on any atom is 0.346 e. The second-order valence-electron chi connectivity index (χ2n) is 4.04. The topological polar surface area (TPSA) is 101 Å². The van der Waals surface area contributed by atoms with Gasteiger partial charge in [-0.15, -0.1) is 11.3 Å². The second-order valence-corrected chi connectivity index (χ2v) is 8.89. The van der Waals surface area contributed by atoms with E-state index in [1.807, 2.05) is 0 Å². The van der Waals surface area contributed by atoms with Crippen LogP contribution >= 0.6 is 11.3 Å². The van der Waals surface area contributed by atoms with Gasteiger partial charge in [0.15, 0.2) is 0 Å². The quantitative estimate of drug-likeness (QED) is 0.806. The zero-order chi connectivity index (χ0) is 14.8. The van der Waals surface area contributed by atoms with Crippen LogP contribution < -0.4 is 4.72 Å². The highest BCUT2D eigenvalue weighted by atomic mass is 32.2. The van der Waals surface area contributed by atoms with Gasteiger partial charge in [0.2, 0.25) is 10.0 Å². The molecule has 1 heterocycles. The van der Waals surface area contributed by atoms with Crippen LogP contribution in [0.25, 0.3) is 0 Å². The van der Waals surface area contributed by atoms with Crippen molar-refractivity contribution >= 4 is 38.1 Å². The van der Waals surface area contributed by atoms with E-state index in [1.54, 1.807) is 13.8 Å². The Labute approximate surface area is 118 Å². The van der Waals surface area contributed by atoms with Crippen LogP contribution in [0.1, 0.15) is 22.2 Å². The highest BCUT2D eigenvalue weighted by Crippen LogP contribution is 2.25. The molecule has 6 nitrogen and oxygen atoms in total. The average molecular weight is 325 g/mol. The Morgan fingerprint density at radius 3 is 2.58 bits per heavy atom. The Morgan fingerprint density at radius 2 is 2.16 bits per heavy atom. The molecule has 0 saturated carbocycles. The molecule has 19 heavy (non-hydrogen) atoms. The number of nitrogens with one attached hydrogen (secondary N) is 1. The largest absolute Gasteiger partial charge is 0.477 e. The SMILES string of the molecule is Cc1cc(S(=O)(=O)NCC(C)S(C)=O)sc1C(=O)O. The van der Waals surface area contributed by atoms with Gasteiger partial charge in [0.05, 0.1) is 0 Å². The lowest BCUT2D eigenvalue weighted by atomic mass is 10.3. The van der Waals surface area contributed by atoms with Crippen molar-refractivity contribution in [2.24, 2.45) is 0 Å². The molecule has 2 unspecified atom stereocenters. The van der Waals surface area contributed by atoms with Gasteiger partial charge in [-0.1, -0.05) is 0 Å². The number of aryl methyl sites for hydroxylation is 1. The maximum absolute atomic E-state index is 12.0. The monoisotopic (exact) mass is 325 g/mol. The van der Waals surface area contributed by atoms with Crippen LogP contribution in [-0.4, -0.2) is 41.8 Å². The van der Waals surface area contributed by atoms with Crippen LogP contribution in [0, 0.1) is 6.92 Å². The van der Waals surface area contributed by atoms with Gasteiger partial charge in [-0.25, -0.2) is 17.9 Å². The molecule has 0 saturated heterocycles. The first kappa shape index (κ1) is 16.3. The first-order valence-electron chi connectivity index (χ1n) is 5.30. The third-order valence-corrected chi connectivity index (χ3v) is 6.90. The lowest BCUT2D eigenvalue weighted by Crippen LogP contribution is -2.32. The third kappa shape index (κ3) is 4.10. The minimum absolute atomic E-state index is 0.00694. The first-order chi connectivity index (χ1) is 8.65. The summed E-state index contributed by atoms with van der Waals surface area (Å²) in [5, 5.41) is 8.58. The number of carbonyl (C=O) groups is 1. The zero-order valence-electron chi connectivity index (χ0n) is 10.7. The highest BCUT2D eigenvalue weighted by Gasteiger charge is 2.22. The van der Waals surface area contributed by atoms with E-state index in [1.165, 1.54) is 12.3 Å². The third-order valence-electron chi connectivity index (χ3n) is 2.48. The van der Waals surface area contributed by atoms with Crippen molar-refractivity contribution < 1.29 is 22.5 Å². The van der Waals surface area contributed by atoms with Gasteiger partial charge >= 0.3 is 5.97 Å². The molecule has 0 radical (unpaired) electrons. The molecule has 0 aliphatic rings. The van der Waals surface area contributed by atoms with Crippen LogP contribution in [0.4, 0.5) is 0 Å². The lowest BCUT2D eigenvalue weighted by Gasteiger charge is -2.09. The molecule has 2 atom stereocenters. The zero-order valence-corrected chi connectivity index (χ0v) is 13.1. The van der Waals surface area contributed by atoms with Crippen molar-refractivity contribution in [3.05, 3.63) is 16.5 Å². The standard InChI is InChI=1S/C10H15NO5S3/c1-6-4-8(17-9(6)10(12)13)19(15,16)11-5-7(2)18(3)14/h4,7,11H,5H2,1-3H3,(H,12,13). The van der Waals surface area contributed by atoms with Gasteiger partial charge in [-0.05, 0) is 25.5 Å². The van der Waals surface area contributed by atoms with Crippen LogP contribution in [0.3, 0.4) is 0 Å². The molecule has 0 aliphatic heterocycles. The normalized spacial score (nSPS) is 15.1. The molecule has 0 aromatic carbocycles. The van der Waals surface area contributed by atoms with E-state index in [0.717, 1.165) is 0 Å². The molecule has 1 rings (SSSR count). The summed E-state index contributed by atoms with van der Waals surface area (Å²) in [5.41, 5.74) is 0.407. The Kier molecular flexibility index (Phi) is 5.25. The molecular formula is C10H15NO5S3. The highest BCUT2D eigenvalue weighted by molar-refractivity contribution is 7.91. The Hall–Kier alpha value is -0.770. The second kappa shape index (κ2) is 6.12. The summed E-state index contributed by atoms with van der Waals surface area (Å²) < 4.78 is 37.3. The number of aromatic carboxylic acids is 1. The average Bonchev–Trinajstić information content (AvgIpc) is 2.69. The fourth-order valence-electron chi connectivity index (χ4n) is 1.21. The van der Waals surface area contributed by atoms with E-state index >= 15 is 0 Å². The molecule has 0 aliphatic carbocycles. The lowest BCUT2D eigenvalue weighted by molar-refractivity contribution is 0.0701. The number of hydrogen-bond acceptors (Lipinski definition) is 5. The Bertz CT molecular complexity index is 605. The molecule has 0 amide bonds. The molecule has 1 aromatic rings. The van der Waals surface area contributed by atoms with E-state index in [-0.39, 0.29) is 20.9 Å².